The molecule has 2 rings (SSSR count). The van der Waals surface area contributed by atoms with Crippen molar-refractivity contribution in [2.45, 2.75) is 30.0 Å². The first-order valence-electron chi connectivity index (χ1n) is 7.61. The molecule has 0 saturated heterocycles. The quantitative estimate of drug-likeness (QED) is 0.838. The van der Waals surface area contributed by atoms with Gasteiger partial charge in [-0.3, -0.25) is 4.79 Å². The lowest BCUT2D eigenvalue weighted by molar-refractivity contribution is 0.0946. The Labute approximate surface area is 142 Å². The van der Waals surface area contributed by atoms with Crippen molar-refractivity contribution >= 4 is 15.7 Å². The standard InChI is InChI=1S/C18H22N2O3S/c1-18(2,19)13-20-17(21)15-8-10-16(11-9-15)24(22,23)12-14-6-4-3-5-7-14/h3-11H,12-13,19H2,1-2H3,(H,20,21). The Morgan fingerprint density at radius 3 is 2.17 bits per heavy atom. The lowest BCUT2D eigenvalue weighted by atomic mass is 10.1. The first kappa shape index (κ1) is 18.2. The average molecular weight is 346 g/mol. The van der Waals surface area contributed by atoms with Gasteiger partial charge in [-0.05, 0) is 43.7 Å². The SMILES string of the molecule is CC(C)(N)CNC(=O)c1ccc(S(=O)(=O)Cc2ccccc2)cc1. The minimum Gasteiger partial charge on any atom is -0.350 e. The summed E-state index contributed by atoms with van der Waals surface area (Å²) >= 11 is 0. The van der Waals surface area contributed by atoms with Gasteiger partial charge in [-0.25, -0.2) is 8.42 Å². The predicted molar refractivity (Wildman–Crippen MR) is 94.4 cm³/mol. The zero-order valence-electron chi connectivity index (χ0n) is 13.8. The molecule has 0 fully saturated rings. The fourth-order valence-electron chi connectivity index (χ4n) is 2.10. The maximum atomic E-state index is 12.4. The van der Waals surface area contributed by atoms with Crippen LogP contribution in [0.1, 0.15) is 29.8 Å². The van der Waals surface area contributed by atoms with Crippen LogP contribution in [0.5, 0.6) is 0 Å². The molecule has 0 spiro atoms. The number of carbonyl (C=O) groups is 1. The summed E-state index contributed by atoms with van der Waals surface area (Å²) in [6.07, 6.45) is 0. The van der Waals surface area contributed by atoms with Crippen LogP contribution in [0.2, 0.25) is 0 Å². The van der Waals surface area contributed by atoms with Gasteiger partial charge in [0.05, 0.1) is 10.6 Å². The van der Waals surface area contributed by atoms with Crippen LogP contribution in [0, 0.1) is 0 Å². The van der Waals surface area contributed by atoms with Crippen molar-refractivity contribution in [3.05, 3.63) is 65.7 Å². The third-order valence-corrected chi connectivity index (χ3v) is 5.08. The summed E-state index contributed by atoms with van der Waals surface area (Å²) < 4.78 is 24.8. The summed E-state index contributed by atoms with van der Waals surface area (Å²) in [6, 6.07) is 14.9. The molecular formula is C18H22N2O3S. The highest BCUT2D eigenvalue weighted by molar-refractivity contribution is 7.90. The highest BCUT2D eigenvalue weighted by atomic mass is 32.2. The summed E-state index contributed by atoms with van der Waals surface area (Å²) in [6.45, 7) is 3.96. The Bertz CT molecular complexity index is 792. The molecule has 24 heavy (non-hydrogen) atoms. The zero-order chi connectivity index (χ0) is 17.8. The van der Waals surface area contributed by atoms with Crippen LogP contribution in [-0.4, -0.2) is 26.4 Å². The van der Waals surface area contributed by atoms with Gasteiger partial charge in [0, 0.05) is 17.6 Å². The number of hydrogen-bond acceptors (Lipinski definition) is 4. The number of nitrogens with one attached hydrogen (secondary N) is 1. The van der Waals surface area contributed by atoms with Gasteiger partial charge in [-0.2, -0.15) is 0 Å². The number of carbonyl (C=O) groups excluding carboxylic acids is 1. The van der Waals surface area contributed by atoms with Crippen LogP contribution in [-0.2, 0) is 15.6 Å². The van der Waals surface area contributed by atoms with Crippen LogP contribution < -0.4 is 11.1 Å². The predicted octanol–water partition coefficient (Wildman–Crippen LogP) is 2.13. The van der Waals surface area contributed by atoms with Crippen molar-refractivity contribution in [3.63, 3.8) is 0 Å². The lowest BCUT2D eigenvalue weighted by Gasteiger charge is -2.18. The number of nitrogens with two attached hydrogens (primary N) is 1. The van der Waals surface area contributed by atoms with Crippen LogP contribution in [0.25, 0.3) is 0 Å². The molecule has 0 unspecified atom stereocenters. The van der Waals surface area contributed by atoms with E-state index in [1.54, 1.807) is 24.3 Å². The second kappa shape index (κ2) is 7.15. The summed E-state index contributed by atoms with van der Waals surface area (Å²) in [5.41, 5.74) is 6.44. The second-order valence-corrected chi connectivity index (χ2v) is 8.43. The van der Waals surface area contributed by atoms with Crippen molar-refractivity contribution in [2.24, 2.45) is 5.73 Å². The molecule has 5 nitrogen and oxygen atoms in total. The number of hydrogen-bond donors (Lipinski definition) is 2. The fraction of sp³-hybridized carbons (Fsp3) is 0.278. The second-order valence-electron chi connectivity index (χ2n) is 6.44. The maximum absolute atomic E-state index is 12.4. The number of amides is 1. The molecule has 3 N–H and O–H groups in total. The molecule has 0 aromatic heterocycles. The minimum atomic E-state index is -3.44. The lowest BCUT2D eigenvalue weighted by Crippen LogP contribution is -2.45. The molecule has 0 bridgehead atoms. The minimum absolute atomic E-state index is 0.0687. The smallest absolute Gasteiger partial charge is 0.251 e. The molecule has 0 aliphatic heterocycles. The van der Waals surface area contributed by atoms with Crippen LogP contribution in [0.3, 0.4) is 0 Å². The van der Waals surface area contributed by atoms with E-state index < -0.39 is 15.4 Å². The molecular weight excluding hydrogens is 324 g/mol. The molecule has 0 atom stereocenters. The Kier molecular flexibility index (Phi) is 5.41. The van der Waals surface area contributed by atoms with Gasteiger partial charge in [0.2, 0.25) is 0 Å². The summed E-state index contributed by atoms with van der Waals surface area (Å²) in [5.74, 6) is -0.346. The van der Waals surface area contributed by atoms with E-state index in [1.807, 2.05) is 19.9 Å². The summed E-state index contributed by atoms with van der Waals surface area (Å²) in [4.78, 5) is 12.2. The number of rotatable bonds is 6. The van der Waals surface area contributed by atoms with E-state index in [1.165, 1.54) is 24.3 Å². The zero-order valence-corrected chi connectivity index (χ0v) is 14.6. The van der Waals surface area contributed by atoms with Gasteiger partial charge in [-0.1, -0.05) is 30.3 Å². The van der Waals surface area contributed by atoms with Gasteiger partial charge >= 0.3 is 0 Å². The van der Waals surface area contributed by atoms with Crippen molar-refractivity contribution in [1.29, 1.82) is 0 Å². The van der Waals surface area contributed by atoms with E-state index in [2.05, 4.69) is 5.32 Å². The average Bonchev–Trinajstić information content (AvgIpc) is 2.52. The largest absolute Gasteiger partial charge is 0.350 e. The van der Waals surface area contributed by atoms with Gasteiger partial charge in [0.1, 0.15) is 0 Å². The number of benzene rings is 2. The molecule has 0 radical (unpaired) electrons. The van der Waals surface area contributed by atoms with Crippen molar-refractivity contribution in [2.75, 3.05) is 6.54 Å². The topological polar surface area (TPSA) is 89.3 Å². The van der Waals surface area contributed by atoms with E-state index in [0.29, 0.717) is 12.1 Å². The van der Waals surface area contributed by atoms with Gasteiger partial charge in [-0.15, -0.1) is 0 Å². The molecule has 1 amide bonds. The monoisotopic (exact) mass is 346 g/mol. The normalized spacial score (nSPS) is 12.0. The van der Waals surface area contributed by atoms with Crippen molar-refractivity contribution in [3.8, 4) is 0 Å². The summed E-state index contributed by atoms with van der Waals surface area (Å²) in [7, 11) is -3.44. The van der Waals surface area contributed by atoms with E-state index in [9.17, 15) is 13.2 Å². The molecule has 0 heterocycles. The highest BCUT2D eigenvalue weighted by Gasteiger charge is 2.17. The molecule has 6 heteroatoms. The van der Waals surface area contributed by atoms with Crippen molar-refractivity contribution in [1.82, 2.24) is 5.32 Å². The number of sulfone groups is 1. The van der Waals surface area contributed by atoms with Crippen LogP contribution >= 0.6 is 0 Å². The Hall–Kier alpha value is -2.18. The third kappa shape index (κ3) is 5.18. The van der Waals surface area contributed by atoms with Crippen molar-refractivity contribution < 1.29 is 13.2 Å². The van der Waals surface area contributed by atoms with Crippen LogP contribution in [0.15, 0.2) is 59.5 Å². The first-order valence-corrected chi connectivity index (χ1v) is 9.26. The molecule has 128 valence electrons. The first-order chi connectivity index (χ1) is 11.2. The van der Waals surface area contributed by atoms with Crippen LogP contribution in [0.4, 0.5) is 0 Å². The van der Waals surface area contributed by atoms with Gasteiger partial charge in [0.15, 0.2) is 9.84 Å². The van der Waals surface area contributed by atoms with Gasteiger partial charge < -0.3 is 11.1 Å². The summed E-state index contributed by atoms with van der Waals surface area (Å²) in [5, 5.41) is 2.72. The molecule has 2 aromatic carbocycles. The molecule has 2 aromatic rings. The Morgan fingerprint density at radius 2 is 1.62 bits per heavy atom. The fourth-order valence-corrected chi connectivity index (χ4v) is 3.45. The van der Waals surface area contributed by atoms with E-state index in [0.717, 1.165) is 5.56 Å². The van der Waals surface area contributed by atoms with E-state index >= 15 is 0 Å². The Balaban J connectivity index is 2.09. The molecule has 0 saturated carbocycles. The highest BCUT2D eigenvalue weighted by Crippen LogP contribution is 2.17. The Morgan fingerprint density at radius 1 is 1.04 bits per heavy atom. The molecule has 0 aliphatic carbocycles. The maximum Gasteiger partial charge on any atom is 0.251 e. The van der Waals surface area contributed by atoms with E-state index in [-0.39, 0.29) is 16.6 Å². The van der Waals surface area contributed by atoms with E-state index in [4.69, 9.17) is 5.73 Å². The molecule has 0 aliphatic rings. The third-order valence-electron chi connectivity index (χ3n) is 3.38. The van der Waals surface area contributed by atoms with Gasteiger partial charge in [0.25, 0.3) is 5.91 Å².